The molecular weight excluding hydrogens is 502 g/mol. The molecule has 2 heterocycles. The number of hydrogen-bond acceptors (Lipinski definition) is 7. The third-order valence-corrected chi connectivity index (χ3v) is 8.63. The molecule has 0 unspecified atom stereocenters. The summed E-state index contributed by atoms with van der Waals surface area (Å²) >= 11 is 0. The standard InChI is InChI=1S/C27H31N7O3S/c1-16(17-5-6-17)32-38(35,36)33-19-9-7-18(8-10-19)25-24(28)22-12-11-21(37-27-26(29)30-13-14-31-27)15-23(22)34(25)20-3-2-4-20/h7-17,20,32-33H,2-6,28H2,1H3,(H2,29,30)/t16-/m0/s1. The monoisotopic (exact) mass is 533 g/mol. The minimum absolute atomic E-state index is 0.0796. The van der Waals surface area contributed by atoms with Crippen LogP contribution in [0, 0.1) is 5.92 Å². The average Bonchev–Trinajstić information content (AvgIpc) is 3.66. The van der Waals surface area contributed by atoms with Crippen molar-refractivity contribution in [2.75, 3.05) is 16.2 Å². The van der Waals surface area contributed by atoms with Gasteiger partial charge in [0.1, 0.15) is 5.75 Å². The van der Waals surface area contributed by atoms with Crippen LogP contribution in [0.1, 0.15) is 45.1 Å². The molecule has 11 heteroatoms. The lowest BCUT2D eigenvalue weighted by Crippen LogP contribution is -2.38. The van der Waals surface area contributed by atoms with Gasteiger partial charge in [0, 0.05) is 47.2 Å². The van der Waals surface area contributed by atoms with Crippen LogP contribution in [0.25, 0.3) is 22.2 Å². The second kappa shape index (κ2) is 9.48. The van der Waals surface area contributed by atoms with Gasteiger partial charge in [-0.3, -0.25) is 4.72 Å². The number of nitrogens with one attached hydrogen (secondary N) is 2. The fourth-order valence-corrected chi connectivity index (χ4v) is 6.23. The number of aromatic nitrogens is 3. The Morgan fingerprint density at radius 2 is 1.76 bits per heavy atom. The summed E-state index contributed by atoms with van der Waals surface area (Å²) in [6, 6.07) is 13.3. The van der Waals surface area contributed by atoms with E-state index in [2.05, 4.69) is 24.0 Å². The average molecular weight is 534 g/mol. The molecule has 2 aromatic carbocycles. The smallest absolute Gasteiger partial charge is 0.299 e. The van der Waals surface area contributed by atoms with Crippen molar-refractivity contribution in [3.8, 4) is 22.9 Å². The summed E-state index contributed by atoms with van der Waals surface area (Å²) < 4.78 is 38.7. The summed E-state index contributed by atoms with van der Waals surface area (Å²) in [5.74, 6) is 1.48. The molecule has 0 amide bonds. The Morgan fingerprint density at radius 3 is 2.42 bits per heavy atom. The fourth-order valence-electron chi connectivity index (χ4n) is 5.04. The van der Waals surface area contributed by atoms with Gasteiger partial charge in [0.05, 0.1) is 16.9 Å². The Morgan fingerprint density at radius 1 is 1.03 bits per heavy atom. The van der Waals surface area contributed by atoms with Gasteiger partial charge in [-0.05, 0) is 69.2 Å². The normalized spacial score (nSPS) is 16.8. The maximum absolute atomic E-state index is 12.6. The number of nitrogens with two attached hydrogens (primary N) is 2. The maximum Gasteiger partial charge on any atom is 0.299 e. The van der Waals surface area contributed by atoms with Crippen molar-refractivity contribution >= 4 is 38.3 Å². The number of nitrogen functional groups attached to an aromatic ring is 2. The Balaban J connectivity index is 1.32. The lowest BCUT2D eigenvalue weighted by molar-refractivity contribution is 0.324. The third-order valence-electron chi connectivity index (χ3n) is 7.44. The van der Waals surface area contributed by atoms with E-state index in [1.165, 1.54) is 12.4 Å². The summed E-state index contributed by atoms with van der Waals surface area (Å²) in [4.78, 5) is 8.21. The zero-order chi connectivity index (χ0) is 26.4. The van der Waals surface area contributed by atoms with Gasteiger partial charge in [0.2, 0.25) is 0 Å². The lowest BCUT2D eigenvalue weighted by Gasteiger charge is -2.30. The van der Waals surface area contributed by atoms with Gasteiger partial charge in [-0.1, -0.05) is 12.1 Å². The second-order valence-electron chi connectivity index (χ2n) is 10.2. The first kappa shape index (κ1) is 24.5. The number of benzene rings is 2. The molecule has 2 aliphatic carbocycles. The van der Waals surface area contributed by atoms with E-state index in [4.69, 9.17) is 16.2 Å². The molecule has 2 aliphatic rings. The molecule has 38 heavy (non-hydrogen) atoms. The SMILES string of the molecule is C[C@H](NS(=O)(=O)Nc1ccc(-c2c(N)c3ccc(Oc4nccnc4N)cc3n2C2CCC2)cc1)C1CC1. The number of ether oxygens (including phenoxy) is 1. The van der Waals surface area contributed by atoms with E-state index in [0.717, 1.165) is 54.3 Å². The highest BCUT2D eigenvalue weighted by atomic mass is 32.2. The summed E-state index contributed by atoms with van der Waals surface area (Å²) in [5.41, 5.74) is 16.6. The number of nitrogens with zero attached hydrogens (tertiary/aromatic N) is 3. The van der Waals surface area contributed by atoms with Crippen LogP contribution in [0.3, 0.4) is 0 Å². The van der Waals surface area contributed by atoms with Crippen molar-refractivity contribution in [2.24, 2.45) is 5.92 Å². The molecule has 0 bridgehead atoms. The van der Waals surface area contributed by atoms with Crippen molar-refractivity contribution < 1.29 is 13.2 Å². The van der Waals surface area contributed by atoms with E-state index >= 15 is 0 Å². The molecule has 2 saturated carbocycles. The molecule has 6 rings (SSSR count). The van der Waals surface area contributed by atoms with Gasteiger partial charge in [-0.25, -0.2) is 9.97 Å². The molecule has 4 aromatic rings. The van der Waals surface area contributed by atoms with Gasteiger partial charge in [0.25, 0.3) is 16.1 Å². The van der Waals surface area contributed by atoms with E-state index in [1.54, 1.807) is 12.1 Å². The van der Waals surface area contributed by atoms with Gasteiger partial charge in [-0.2, -0.15) is 13.1 Å². The number of anilines is 3. The summed E-state index contributed by atoms with van der Waals surface area (Å²) in [6.45, 7) is 1.90. The number of fused-ring (bicyclic) bond motifs is 1. The first-order valence-corrected chi connectivity index (χ1v) is 14.4. The molecule has 10 nitrogen and oxygen atoms in total. The predicted molar refractivity (Wildman–Crippen MR) is 149 cm³/mol. The molecule has 6 N–H and O–H groups in total. The third kappa shape index (κ3) is 4.74. The zero-order valence-corrected chi connectivity index (χ0v) is 21.9. The van der Waals surface area contributed by atoms with Crippen molar-refractivity contribution in [2.45, 2.75) is 51.1 Å². The second-order valence-corrected chi connectivity index (χ2v) is 11.6. The van der Waals surface area contributed by atoms with Crippen molar-refractivity contribution in [1.29, 1.82) is 0 Å². The highest BCUT2D eigenvalue weighted by Crippen LogP contribution is 2.45. The van der Waals surface area contributed by atoms with Crippen LogP contribution in [-0.2, 0) is 10.2 Å². The minimum Gasteiger partial charge on any atom is -0.436 e. The summed E-state index contributed by atoms with van der Waals surface area (Å²) in [6.07, 6.45) is 8.45. The largest absolute Gasteiger partial charge is 0.436 e. The Bertz CT molecular complexity index is 1590. The van der Waals surface area contributed by atoms with Crippen molar-refractivity contribution in [3.63, 3.8) is 0 Å². The molecule has 2 fully saturated rings. The molecular formula is C27H31N7O3S. The highest BCUT2D eigenvalue weighted by molar-refractivity contribution is 7.90. The molecule has 0 spiro atoms. The summed E-state index contributed by atoms with van der Waals surface area (Å²) in [7, 11) is -3.66. The van der Waals surface area contributed by atoms with E-state index in [0.29, 0.717) is 29.1 Å². The topological polar surface area (TPSA) is 150 Å². The van der Waals surface area contributed by atoms with E-state index < -0.39 is 10.2 Å². The van der Waals surface area contributed by atoms with Gasteiger partial charge in [0.15, 0.2) is 5.82 Å². The first-order chi connectivity index (χ1) is 18.3. The molecule has 1 atom stereocenters. The minimum atomic E-state index is -3.66. The van der Waals surface area contributed by atoms with Crippen LogP contribution >= 0.6 is 0 Å². The van der Waals surface area contributed by atoms with Crippen LogP contribution in [0.15, 0.2) is 54.9 Å². The fraction of sp³-hybridized carbons (Fsp3) is 0.333. The molecule has 0 saturated heterocycles. The maximum atomic E-state index is 12.6. The molecule has 2 aromatic heterocycles. The van der Waals surface area contributed by atoms with Gasteiger partial charge >= 0.3 is 0 Å². The number of rotatable bonds is 9. The highest BCUT2D eigenvalue weighted by Gasteiger charge is 2.31. The van der Waals surface area contributed by atoms with Crippen molar-refractivity contribution in [1.82, 2.24) is 19.3 Å². The van der Waals surface area contributed by atoms with Crippen LogP contribution in [0.2, 0.25) is 0 Å². The first-order valence-electron chi connectivity index (χ1n) is 12.9. The summed E-state index contributed by atoms with van der Waals surface area (Å²) in [5, 5.41) is 0.925. The molecule has 0 radical (unpaired) electrons. The Hall–Kier alpha value is -3.83. The van der Waals surface area contributed by atoms with Gasteiger partial charge < -0.3 is 20.8 Å². The predicted octanol–water partition coefficient (Wildman–Crippen LogP) is 4.82. The van der Waals surface area contributed by atoms with Crippen molar-refractivity contribution in [3.05, 3.63) is 54.9 Å². The molecule has 0 aliphatic heterocycles. The Kier molecular flexibility index (Phi) is 6.11. The van der Waals surface area contributed by atoms with Crippen LogP contribution in [0.5, 0.6) is 11.6 Å². The van der Waals surface area contributed by atoms with Crippen LogP contribution in [0.4, 0.5) is 17.2 Å². The molecule has 198 valence electrons. The lowest BCUT2D eigenvalue weighted by atomic mass is 9.92. The van der Waals surface area contributed by atoms with Crippen LogP contribution in [-0.4, -0.2) is 29.0 Å². The van der Waals surface area contributed by atoms with Crippen LogP contribution < -0.4 is 25.6 Å². The number of hydrogen-bond donors (Lipinski definition) is 4. The van der Waals surface area contributed by atoms with E-state index in [1.807, 2.05) is 37.3 Å². The Labute approximate surface area is 221 Å². The van der Waals surface area contributed by atoms with E-state index in [-0.39, 0.29) is 17.7 Å². The van der Waals surface area contributed by atoms with Gasteiger partial charge in [-0.15, -0.1) is 0 Å². The van der Waals surface area contributed by atoms with E-state index in [9.17, 15) is 8.42 Å². The quantitative estimate of drug-likeness (QED) is 0.241. The zero-order valence-electron chi connectivity index (χ0n) is 21.1.